The summed E-state index contributed by atoms with van der Waals surface area (Å²) in [7, 11) is 3.44. The van der Waals surface area contributed by atoms with Gasteiger partial charge in [0, 0.05) is 20.3 Å². The molecule has 2 heterocycles. The van der Waals surface area contributed by atoms with Crippen LogP contribution in [0.2, 0.25) is 0 Å². The molecule has 1 aromatic carbocycles. The summed E-state index contributed by atoms with van der Waals surface area (Å²) in [5.41, 5.74) is 10.6. The highest BCUT2D eigenvalue weighted by Crippen LogP contribution is 2.43. The molecular weight excluding hydrogens is 340 g/mol. The summed E-state index contributed by atoms with van der Waals surface area (Å²) in [6.45, 7) is 5.94. The minimum absolute atomic E-state index is 0.1000. The average Bonchev–Trinajstić information content (AvgIpc) is 2.94. The maximum atomic E-state index is 9.69. The number of nitrogens with two attached hydrogens (primary N) is 1. The van der Waals surface area contributed by atoms with E-state index < -0.39 is 0 Å². The lowest BCUT2D eigenvalue weighted by Gasteiger charge is -2.24. The highest BCUT2D eigenvalue weighted by molar-refractivity contribution is 6.10. The Kier molecular flexibility index (Phi) is 4.90. The SMILES string of the molecule is C=C(/C=N\C=N/C)c1cccc(C2C(C#N)=C(N)Oc3c2c(C)nn3C)c1. The first-order valence-corrected chi connectivity index (χ1v) is 8.32. The summed E-state index contributed by atoms with van der Waals surface area (Å²) in [5.74, 6) is 0.302. The Balaban J connectivity index is 2.12. The van der Waals surface area contributed by atoms with Crippen LogP contribution in [0.5, 0.6) is 5.88 Å². The molecule has 0 fully saturated rings. The lowest BCUT2D eigenvalue weighted by molar-refractivity contribution is 0.358. The Morgan fingerprint density at radius 1 is 1.48 bits per heavy atom. The fraction of sp³-hybridized carbons (Fsp3) is 0.200. The lowest BCUT2D eigenvalue weighted by Crippen LogP contribution is -2.22. The molecule has 27 heavy (non-hydrogen) atoms. The fourth-order valence-corrected chi connectivity index (χ4v) is 3.19. The summed E-state index contributed by atoms with van der Waals surface area (Å²) < 4.78 is 7.30. The lowest BCUT2D eigenvalue weighted by atomic mass is 9.83. The molecule has 0 aliphatic carbocycles. The molecule has 1 atom stereocenters. The molecule has 7 nitrogen and oxygen atoms in total. The molecule has 0 amide bonds. The number of nitrogens with zero attached hydrogens (tertiary/aromatic N) is 5. The van der Waals surface area contributed by atoms with Gasteiger partial charge in [-0.05, 0) is 23.6 Å². The first-order chi connectivity index (χ1) is 13.0. The minimum Gasteiger partial charge on any atom is -0.422 e. The molecule has 1 aromatic heterocycles. The molecule has 1 unspecified atom stereocenters. The Morgan fingerprint density at radius 2 is 2.26 bits per heavy atom. The van der Waals surface area contributed by atoms with Crippen LogP contribution in [0.15, 0.2) is 52.3 Å². The van der Waals surface area contributed by atoms with Crippen molar-refractivity contribution in [2.75, 3.05) is 7.05 Å². The van der Waals surface area contributed by atoms with E-state index in [0.29, 0.717) is 11.5 Å². The minimum atomic E-state index is -0.352. The van der Waals surface area contributed by atoms with Crippen LogP contribution in [0.4, 0.5) is 0 Å². The number of fused-ring (bicyclic) bond motifs is 1. The van der Waals surface area contributed by atoms with Crippen LogP contribution in [0.25, 0.3) is 5.57 Å². The molecule has 0 radical (unpaired) electrons. The van der Waals surface area contributed by atoms with Gasteiger partial charge in [0.2, 0.25) is 11.8 Å². The molecule has 7 heteroatoms. The Hall–Kier alpha value is -3.66. The number of allylic oxidation sites excluding steroid dienone is 2. The van der Waals surface area contributed by atoms with Gasteiger partial charge in [-0.3, -0.25) is 4.99 Å². The zero-order valence-corrected chi connectivity index (χ0v) is 15.5. The number of aliphatic imine (C=N–C) groups is 2. The number of hydrogen-bond acceptors (Lipinski definition) is 5. The van der Waals surface area contributed by atoms with Crippen LogP contribution in [-0.4, -0.2) is 29.4 Å². The molecule has 2 aromatic rings. The van der Waals surface area contributed by atoms with E-state index in [1.54, 1.807) is 25.0 Å². The van der Waals surface area contributed by atoms with Crippen LogP contribution in [0.1, 0.15) is 28.3 Å². The normalized spacial score (nSPS) is 16.4. The van der Waals surface area contributed by atoms with Crippen LogP contribution < -0.4 is 10.5 Å². The largest absolute Gasteiger partial charge is 0.422 e. The second kappa shape index (κ2) is 7.30. The van der Waals surface area contributed by atoms with Crippen molar-refractivity contribution in [1.82, 2.24) is 9.78 Å². The third-order valence-electron chi connectivity index (χ3n) is 4.39. The summed E-state index contributed by atoms with van der Waals surface area (Å²) in [6, 6.07) is 9.99. The molecule has 0 saturated carbocycles. The van der Waals surface area contributed by atoms with Gasteiger partial charge in [0.05, 0.1) is 17.2 Å². The van der Waals surface area contributed by atoms with Crippen LogP contribution in [-0.2, 0) is 7.05 Å². The standard InChI is InChI=1S/C20H20N6O/c1-12(10-24-11-23-3)14-6-5-7-15(8-14)18-16(9-21)19(22)27-20-17(18)13(2)25-26(20)4/h5-8,10-11,18H,1,22H2,2-4H3/b23-11-,24-10-. The highest BCUT2D eigenvalue weighted by atomic mass is 16.5. The van der Waals surface area contributed by atoms with Crippen LogP contribution in [0.3, 0.4) is 0 Å². The van der Waals surface area contributed by atoms with Crippen molar-refractivity contribution < 1.29 is 4.74 Å². The molecule has 2 N–H and O–H groups in total. The van der Waals surface area contributed by atoms with E-state index in [0.717, 1.165) is 28.0 Å². The Bertz CT molecular complexity index is 1040. The zero-order valence-electron chi connectivity index (χ0n) is 15.5. The second-order valence-electron chi connectivity index (χ2n) is 6.16. The molecule has 0 spiro atoms. The molecule has 1 aliphatic rings. The maximum absolute atomic E-state index is 9.69. The Labute approximate surface area is 157 Å². The average molecular weight is 360 g/mol. The van der Waals surface area contributed by atoms with Gasteiger partial charge in [-0.1, -0.05) is 30.8 Å². The van der Waals surface area contributed by atoms with E-state index in [4.69, 9.17) is 10.5 Å². The van der Waals surface area contributed by atoms with Crippen LogP contribution >= 0.6 is 0 Å². The van der Waals surface area contributed by atoms with Gasteiger partial charge < -0.3 is 10.5 Å². The topological polar surface area (TPSA) is 102 Å². The van der Waals surface area contributed by atoms with Gasteiger partial charge in [0.15, 0.2) is 0 Å². The van der Waals surface area contributed by atoms with E-state index in [1.807, 2.05) is 31.2 Å². The quantitative estimate of drug-likeness (QED) is 0.669. The van der Waals surface area contributed by atoms with E-state index in [-0.39, 0.29) is 11.8 Å². The molecule has 3 rings (SSSR count). The fourth-order valence-electron chi connectivity index (χ4n) is 3.19. The van der Waals surface area contributed by atoms with Crippen LogP contribution in [0, 0.1) is 18.3 Å². The summed E-state index contributed by atoms with van der Waals surface area (Å²) in [6.07, 6.45) is 3.10. The van der Waals surface area contributed by atoms with E-state index in [2.05, 4.69) is 27.7 Å². The first-order valence-electron chi connectivity index (χ1n) is 8.32. The van der Waals surface area contributed by atoms with Crippen molar-refractivity contribution >= 4 is 18.1 Å². The van der Waals surface area contributed by atoms with Gasteiger partial charge in [-0.15, -0.1) is 0 Å². The van der Waals surface area contributed by atoms with Gasteiger partial charge in [0.25, 0.3) is 0 Å². The van der Waals surface area contributed by atoms with E-state index in [1.165, 1.54) is 6.34 Å². The molecular formula is C20H20N6O. The number of aryl methyl sites for hydroxylation is 2. The van der Waals surface area contributed by atoms with Gasteiger partial charge in [0.1, 0.15) is 18.0 Å². The van der Waals surface area contributed by atoms with Gasteiger partial charge in [-0.2, -0.15) is 10.4 Å². The monoisotopic (exact) mass is 360 g/mol. The number of hydrogen-bond donors (Lipinski definition) is 1. The smallest absolute Gasteiger partial charge is 0.224 e. The summed E-state index contributed by atoms with van der Waals surface area (Å²) in [5, 5.41) is 14.1. The van der Waals surface area contributed by atoms with Gasteiger partial charge in [-0.25, -0.2) is 9.67 Å². The maximum Gasteiger partial charge on any atom is 0.224 e. The van der Waals surface area contributed by atoms with Crippen molar-refractivity contribution in [2.24, 2.45) is 22.8 Å². The summed E-state index contributed by atoms with van der Waals surface area (Å²) >= 11 is 0. The third kappa shape index (κ3) is 3.25. The number of rotatable bonds is 4. The molecule has 0 saturated heterocycles. The predicted molar refractivity (Wildman–Crippen MR) is 106 cm³/mol. The second-order valence-corrected chi connectivity index (χ2v) is 6.16. The number of ether oxygens (including phenoxy) is 1. The zero-order chi connectivity index (χ0) is 19.6. The van der Waals surface area contributed by atoms with Crippen molar-refractivity contribution in [3.8, 4) is 11.9 Å². The van der Waals surface area contributed by atoms with Crippen molar-refractivity contribution in [2.45, 2.75) is 12.8 Å². The summed E-state index contributed by atoms with van der Waals surface area (Å²) in [4.78, 5) is 7.89. The van der Waals surface area contributed by atoms with Crippen molar-refractivity contribution in [3.05, 3.63) is 64.7 Å². The van der Waals surface area contributed by atoms with E-state index >= 15 is 0 Å². The number of nitriles is 1. The molecule has 1 aliphatic heterocycles. The highest BCUT2D eigenvalue weighted by Gasteiger charge is 2.35. The third-order valence-corrected chi connectivity index (χ3v) is 4.39. The number of benzene rings is 1. The Morgan fingerprint density at radius 3 is 2.96 bits per heavy atom. The molecule has 0 bridgehead atoms. The predicted octanol–water partition coefficient (Wildman–Crippen LogP) is 2.69. The number of aromatic nitrogens is 2. The van der Waals surface area contributed by atoms with Crippen molar-refractivity contribution in [3.63, 3.8) is 0 Å². The van der Waals surface area contributed by atoms with E-state index in [9.17, 15) is 5.26 Å². The molecule has 136 valence electrons. The van der Waals surface area contributed by atoms with Gasteiger partial charge >= 0.3 is 0 Å². The van der Waals surface area contributed by atoms with Crippen molar-refractivity contribution in [1.29, 1.82) is 5.26 Å². The first kappa shape index (κ1) is 18.1.